The Bertz CT molecular complexity index is 1480. The third-order valence-corrected chi connectivity index (χ3v) is 5.88. The number of nitrogens with zero attached hydrogens (tertiary/aromatic N) is 2. The van der Waals surface area contributed by atoms with Crippen molar-refractivity contribution < 1.29 is 29.1 Å². The molecule has 0 aliphatic heterocycles. The van der Waals surface area contributed by atoms with Crippen LogP contribution in [-0.2, 0) is 10.4 Å². The molecule has 40 heavy (non-hydrogen) atoms. The molecular formula is C30H25N3O7. The molecule has 0 aliphatic rings. The van der Waals surface area contributed by atoms with Crippen LogP contribution in [0.15, 0.2) is 108 Å². The fourth-order valence-corrected chi connectivity index (χ4v) is 3.87. The van der Waals surface area contributed by atoms with Gasteiger partial charge in [0.2, 0.25) is 0 Å². The van der Waals surface area contributed by atoms with Gasteiger partial charge in [-0.05, 0) is 53.9 Å². The second-order valence-corrected chi connectivity index (χ2v) is 8.47. The maximum Gasteiger partial charge on any atom is 0.343 e. The maximum atomic E-state index is 13.2. The van der Waals surface area contributed by atoms with Crippen molar-refractivity contribution in [1.29, 1.82) is 0 Å². The summed E-state index contributed by atoms with van der Waals surface area (Å²) in [6, 6.07) is 26.8. The number of non-ortho nitro benzene ring substituents is 1. The predicted molar refractivity (Wildman–Crippen MR) is 147 cm³/mol. The van der Waals surface area contributed by atoms with Crippen LogP contribution in [0.5, 0.6) is 11.5 Å². The average Bonchev–Trinajstić information content (AvgIpc) is 2.99. The molecule has 0 unspecified atom stereocenters. The number of amides is 1. The minimum absolute atomic E-state index is 0.130. The molecule has 0 atom stereocenters. The zero-order chi connectivity index (χ0) is 28.5. The molecular weight excluding hydrogens is 514 g/mol. The third-order valence-electron chi connectivity index (χ3n) is 5.88. The van der Waals surface area contributed by atoms with Crippen molar-refractivity contribution in [2.75, 3.05) is 6.61 Å². The van der Waals surface area contributed by atoms with Gasteiger partial charge in [0.25, 0.3) is 11.6 Å². The van der Waals surface area contributed by atoms with Gasteiger partial charge in [0.1, 0.15) is 0 Å². The van der Waals surface area contributed by atoms with Gasteiger partial charge in [-0.1, -0.05) is 60.7 Å². The number of carbonyl (C=O) groups excluding carboxylic acids is 2. The fraction of sp³-hybridized carbons (Fsp3) is 0.100. The van der Waals surface area contributed by atoms with Crippen molar-refractivity contribution in [1.82, 2.24) is 5.43 Å². The van der Waals surface area contributed by atoms with E-state index in [2.05, 4.69) is 10.5 Å². The maximum absolute atomic E-state index is 13.2. The summed E-state index contributed by atoms with van der Waals surface area (Å²) in [5.74, 6) is -1.09. The van der Waals surface area contributed by atoms with E-state index in [9.17, 15) is 24.8 Å². The highest BCUT2D eigenvalue weighted by atomic mass is 16.6. The number of rotatable bonds is 10. The van der Waals surface area contributed by atoms with Crippen LogP contribution in [0.2, 0.25) is 0 Å². The molecule has 0 heterocycles. The Hall–Kier alpha value is -5.35. The average molecular weight is 540 g/mol. The van der Waals surface area contributed by atoms with E-state index in [1.54, 1.807) is 79.7 Å². The quantitative estimate of drug-likeness (QED) is 0.0987. The van der Waals surface area contributed by atoms with Crippen molar-refractivity contribution >= 4 is 23.8 Å². The first kappa shape index (κ1) is 27.7. The number of nitro benzene ring substituents is 1. The molecule has 0 fully saturated rings. The van der Waals surface area contributed by atoms with Gasteiger partial charge in [0.05, 0.1) is 23.3 Å². The van der Waals surface area contributed by atoms with Crippen LogP contribution in [0, 0.1) is 10.1 Å². The summed E-state index contributed by atoms with van der Waals surface area (Å²) in [6.07, 6.45) is 1.36. The van der Waals surface area contributed by atoms with E-state index >= 15 is 0 Å². The third kappa shape index (κ3) is 6.20. The van der Waals surface area contributed by atoms with Crippen LogP contribution >= 0.6 is 0 Å². The summed E-state index contributed by atoms with van der Waals surface area (Å²) < 4.78 is 11.1. The molecule has 0 saturated heterocycles. The smallest absolute Gasteiger partial charge is 0.343 e. The Balaban J connectivity index is 1.51. The second kappa shape index (κ2) is 12.5. The number of hydrogen-bond donors (Lipinski definition) is 2. The van der Waals surface area contributed by atoms with Crippen LogP contribution in [0.1, 0.15) is 34.0 Å². The van der Waals surface area contributed by atoms with Crippen molar-refractivity contribution in [2.24, 2.45) is 5.10 Å². The zero-order valence-electron chi connectivity index (χ0n) is 21.4. The van der Waals surface area contributed by atoms with Crippen LogP contribution < -0.4 is 14.9 Å². The Morgan fingerprint density at radius 2 is 1.52 bits per heavy atom. The van der Waals surface area contributed by atoms with E-state index in [0.29, 0.717) is 16.7 Å². The molecule has 202 valence electrons. The molecule has 4 rings (SSSR count). The van der Waals surface area contributed by atoms with Crippen molar-refractivity contribution in [2.45, 2.75) is 12.5 Å². The molecule has 10 nitrogen and oxygen atoms in total. The van der Waals surface area contributed by atoms with Gasteiger partial charge in [-0.25, -0.2) is 10.2 Å². The number of esters is 1. The molecule has 0 bridgehead atoms. The number of ether oxygens (including phenoxy) is 2. The number of nitrogens with one attached hydrogen (secondary N) is 1. The normalized spacial score (nSPS) is 11.2. The minimum atomic E-state index is -1.98. The molecule has 2 N–H and O–H groups in total. The van der Waals surface area contributed by atoms with E-state index in [-0.39, 0.29) is 29.4 Å². The van der Waals surface area contributed by atoms with Crippen LogP contribution in [0.4, 0.5) is 5.69 Å². The fourth-order valence-electron chi connectivity index (χ4n) is 3.87. The Labute approximate surface area is 229 Å². The molecule has 0 radical (unpaired) electrons. The zero-order valence-corrected chi connectivity index (χ0v) is 21.4. The highest BCUT2D eigenvalue weighted by molar-refractivity contribution is 5.92. The lowest BCUT2D eigenvalue weighted by molar-refractivity contribution is -0.384. The number of hydrogen-bond acceptors (Lipinski definition) is 8. The molecule has 4 aromatic rings. The molecule has 0 saturated carbocycles. The van der Waals surface area contributed by atoms with Crippen molar-refractivity contribution in [3.8, 4) is 11.5 Å². The van der Waals surface area contributed by atoms with Gasteiger partial charge in [-0.3, -0.25) is 14.9 Å². The first-order chi connectivity index (χ1) is 19.3. The van der Waals surface area contributed by atoms with E-state index in [1.165, 1.54) is 36.5 Å². The number of nitro groups is 1. The number of aliphatic hydroxyl groups is 1. The molecule has 0 spiro atoms. The molecule has 4 aromatic carbocycles. The first-order valence-corrected chi connectivity index (χ1v) is 12.2. The molecule has 0 aliphatic carbocycles. The van der Waals surface area contributed by atoms with Crippen LogP contribution in [0.3, 0.4) is 0 Å². The van der Waals surface area contributed by atoms with E-state index in [4.69, 9.17) is 9.47 Å². The van der Waals surface area contributed by atoms with Crippen molar-refractivity contribution in [3.63, 3.8) is 0 Å². The number of carbonyl (C=O) groups is 2. The van der Waals surface area contributed by atoms with Crippen LogP contribution in [0.25, 0.3) is 0 Å². The first-order valence-electron chi connectivity index (χ1n) is 12.2. The highest BCUT2D eigenvalue weighted by Gasteiger charge is 2.39. The number of hydrazone groups is 1. The topological polar surface area (TPSA) is 140 Å². The number of benzene rings is 4. The van der Waals surface area contributed by atoms with E-state index in [0.717, 1.165) is 0 Å². The highest BCUT2D eigenvalue weighted by Crippen LogP contribution is 2.31. The van der Waals surface area contributed by atoms with Crippen LogP contribution in [-0.4, -0.2) is 34.7 Å². The summed E-state index contributed by atoms with van der Waals surface area (Å²) in [4.78, 5) is 36.0. The molecule has 10 heteroatoms. The SMILES string of the molecule is CCOc1cc(/C=N\NC(=O)C(O)(c2ccccc2)c2ccccc2)ccc1OC(=O)c1ccc([N+](=O)[O-])cc1. The Morgan fingerprint density at radius 1 is 0.925 bits per heavy atom. The monoisotopic (exact) mass is 539 g/mol. The largest absolute Gasteiger partial charge is 0.490 e. The molecule has 0 aromatic heterocycles. The Morgan fingerprint density at radius 3 is 2.08 bits per heavy atom. The van der Waals surface area contributed by atoms with Gasteiger partial charge < -0.3 is 14.6 Å². The summed E-state index contributed by atoms with van der Waals surface area (Å²) >= 11 is 0. The van der Waals surface area contributed by atoms with Crippen molar-refractivity contribution in [3.05, 3.63) is 135 Å². The summed E-state index contributed by atoms with van der Waals surface area (Å²) in [6.45, 7) is 2.04. The standard InChI is InChI=1S/C30H25N3O7/c1-2-39-27-19-21(13-18-26(27)40-28(34)22-14-16-25(17-15-22)33(37)38)20-31-32-29(35)30(36,23-9-5-3-6-10-23)24-11-7-4-8-12-24/h3-20,36H,2H2,1H3,(H,32,35)/b31-20-. The van der Waals surface area contributed by atoms with Gasteiger partial charge in [-0.2, -0.15) is 5.10 Å². The summed E-state index contributed by atoms with van der Waals surface area (Å²) in [5, 5.41) is 26.4. The lowest BCUT2D eigenvalue weighted by atomic mass is 9.85. The van der Waals surface area contributed by atoms with E-state index in [1.807, 2.05) is 0 Å². The van der Waals surface area contributed by atoms with Gasteiger partial charge in [0, 0.05) is 12.1 Å². The summed E-state index contributed by atoms with van der Waals surface area (Å²) in [5.41, 5.74) is 1.69. The van der Waals surface area contributed by atoms with Gasteiger partial charge >= 0.3 is 5.97 Å². The summed E-state index contributed by atoms with van der Waals surface area (Å²) in [7, 11) is 0. The van der Waals surface area contributed by atoms with Gasteiger partial charge in [-0.15, -0.1) is 0 Å². The Kier molecular flexibility index (Phi) is 8.62. The predicted octanol–water partition coefficient (Wildman–Crippen LogP) is 4.60. The lowest BCUT2D eigenvalue weighted by Gasteiger charge is -2.27. The van der Waals surface area contributed by atoms with Gasteiger partial charge in [0.15, 0.2) is 17.1 Å². The van der Waals surface area contributed by atoms with E-state index < -0.39 is 22.4 Å². The minimum Gasteiger partial charge on any atom is -0.490 e. The second-order valence-electron chi connectivity index (χ2n) is 8.47. The molecule has 1 amide bonds. The lowest BCUT2D eigenvalue weighted by Crippen LogP contribution is -2.43.